The first-order chi connectivity index (χ1) is 13.8. The molecule has 9 heteroatoms. The fourth-order valence-corrected chi connectivity index (χ4v) is 5.20. The van der Waals surface area contributed by atoms with Crippen LogP contribution in [0.2, 0.25) is 5.02 Å². The van der Waals surface area contributed by atoms with Gasteiger partial charge >= 0.3 is 0 Å². The zero-order chi connectivity index (χ0) is 21.0. The van der Waals surface area contributed by atoms with E-state index >= 15 is 0 Å². The van der Waals surface area contributed by atoms with E-state index in [1.165, 1.54) is 30.8 Å². The largest absolute Gasteiger partial charge is 0.356 e. The minimum Gasteiger partial charge on any atom is -0.356 e. The Morgan fingerprint density at radius 1 is 1.24 bits per heavy atom. The molecule has 6 nitrogen and oxygen atoms in total. The molecule has 2 aromatic carbocycles. The lowest BCUT2D eigenvalue weighted by Crippen LogP contribution is -2.31. The Kier molecular flexibility index (Phi) is 6.87. The Balaban J connectivity index is 1.58. The van der Waals surface area contributed by atoms with Crippen LogP contribution in [0, 0.1) is 0 Å². The standard InChI is InChI=1S/C20H21ClN2O4S2/c1-13(10-19(24)22-9-8-14-2-4-15(21)5-3-14)29(26,27)16-6-7-18-17(11-16)23-20(25)12-28-18/h2-7,11,13H,8-10,12H2,1H3,(H,22,24)(H,23,25)/t13-/m1/s1. The van der Waals surface area contributed by atoms with Crippen molar-refractivity contribution in [1.82, 2.24) is 5.32 Å². The Morgan fingerprint density at radius 2 is 1.97 bits per heavy atom. The molecule has 3 rings (SSSR count). The van der Waals surface area contributed by atoms with Crippen molar-refractivity contribution in [3.63, 3.8) is 0 Å². The van der Waals surface area contributed by atoms with Gasteiger partial charge in [-0.25, -0.2) is 8.42 Å². The molecule has 1 heterocycles. The number of halogens is 1. The topological polar surface area (TPSA) is 92.3 Å². The molecule has 2 N–H and O–H groups in total. The molecule has 2 aromatic rings. The number of amides is 2. The van der Waals surface area contributed by atoms with Crippen molar-refractivity contribution < 1.29 is 18.0 Å². The molecular formula is C20H21ClN2O4S2. The molecule has 0 saturated heterocycles. The Hall–Kier alpha value is -2.03. The van der Waals surface area contributed by atoms with Gasteiger partial charge in [-0.3, -0.25) is 9.59 Å². The second-order valence-electron chi connectivity index (χ2n) is 6.78. The molecule has 0 aliphatic carbocycles. The van der Waals surface area contributed by atoms with Gasteiger partial charge < -0.3 is 10.6 Å². The maximum atomic E-state index is 12.9. The molecule has 1 aliphatic heterocycles. The third-order valence-corrected chi connectivity index (χ3v) is 8.03. The SMILES string of the molecule is C[C@H](CC(=O)NCCc1ccc(Cl)cc1)S(=O)(=O)c1ccc2c(c1)NC(=O)CS2. The van der Waals surface area contributed by atoms with Gasteiger partial charge in [0.05, 0.1) is 21.6 Å². The van der Waals surface area contributed by atoms with Gasteiger partial charge in [0, 0.05) is 22.9 Å². The number of sulfone groups is 1. The second-order valence-corrected chi connectivity index (χ2v) is 10.6. The van der Waals surface area contributed by atoms with Crippen LogP contribution in [-0.2, 0) is 25.8 Å². The third kappa shape index (κ3) is 5.52. The van der Waals surface area contributed by atoms with Crippen LogP contribution in [0.15, 0.2) is 52.3 Å². The molecule has 154 valence electrons. The summed E-state index contributed by atoms with van der Waals surface area (Å²) >= 11 is 7.21. The molecule has 2 amide bonds. The van der Waals surface area contributed by atoms with Crippen molar-refractivity contribution in [3.8, 4) is 0 Å². The molecule has 0 saturated carbocycles. The van der Waals surface area contributed by atoms with E-state index in [0.29, 0.717) is 29.4 Å². The molecule has 0 radical (unpaired) electrons. The van der Waals surface area contributed by atoms with Gasteiger partial charge in [-0.05, 0) is 49.2 Å². The Bertz CT molecular complexity index is 1020. The summed E-state index contributed by atoms with van der Waals surface area (Å²) in [7, 11) is -3.70. The summed E-state index contributed by atoms with van der Waals surface area (Å²) in [5.74, 6) is -0.173. The fraction of sp³-hybridized carbons (Fsp3) is 0.300. The van der Waals surface area contributed by atoms with Crippen LogP contribution in [0.5, 0.6) is 0 Å². The average molecular weight is 453 g/mol. The first-order valence-corrected chi connectivity index (χ1v) is 12.0. The molecule has 1 aliphatic rings. The Morgan fingerprint density at radius 3 is 2.69 bits per heavy atom. The number of rotatable bonds is 7. The minimum absolute atomic E-state index is 0.0977. The monoisotopic (exact) mass is 452 g/mol. The number of fused-ring (bicyclic) bond motifs is 1. The molecule has 0 unspecified atom stereocenters. The lowest BCUT2D eigenvalue weighted by molar-refractivity contribution is -0.121. The highest BCUT2D eigenvalue weighted by atomic mass is 35.5. The predicted octanol–water partition coefficient (Wildman–Crippen LogP) is 3.30. The maximum absolute atomic E-state index is 12.9. The summed E-state index contributed by atoms with van der Waals surface area (Å²) in [5, 5.41) is 5.21. The third-order valence-electron chi connectivity index (χ3n) is 4.56. The van der Waals surface area contributed by atoms with E-state index in [4.69, 9.17) is 11.6 Å². The first-order valence-electron chi connectivity index (χ1n) is 9.07. The van der Waals surface area contributed by atoms with Gasteiger partial charge in [-0.2, -0.15) is 0 Å². The molecule has 1 atom stereocenters. The van der Waals surface area contributed by atoms with Crippen LogP contribution >= 0.6 is 23.4 Å². The number of carbonyl (C=O) groups excluding carboxylic acids is 2. The number of benzene rings is 2. The van der Waals surface area contributed by atoms with Gasteiger partial charge in [-0.15, -0.1) is 11.8 Å². The number of anilines is 1. The smallest absolute Gasteiger partial charge is 0.234 e. The summed E-state index contributed by atoms with van der Waals surface area (Å²) < 4.78 is 25.7. The quantitative estimate of drug-likeness (QED) is 0.672. The second kappa shape index (κ2) is 9.19. The number of carbonyl (C=O) groups is 2. The number of hydrogen-bond acceptors (Lipinski definition) is 5. The summed E-state index contributed by atoms with van der Waals surface area (Å²) in [6.07, 6.45) is 0.493. The van der Waals surface area contributed by atoms with Crippen molar-refractivity contribution in [2.75, 3.05) is 17.6 Å². The van der Waals surface area contributed by atoms with Crippen molar-refractivity contribution in [2.45, 2.75) is 34.8 Å². The van der Waals surface area contributed by atoms with Gasteiger partial charge in [0.1, 0.15) is 0 Å². The fourth-order valence-electron chi connectivity index (χ4n) is 2.91. The van der Waals surface area contributed by atoms with Crippen LogP contribution in [0.3, 0.4) is 0 Å². The van der Waals surface area contributed by atoms with Crippen LogP contribution < -0.4 is 10.6 Å². The zero-order valence-corrected chi connectivity index (χ0v) is 18.2. The highest BCUT2D eigenvalue weighted by Crippen LogP contribution is 2.34. The zero-order valence-electron chi connectivity index (χ0n) is 15.8. The minimum atomic E-state index is -3.70. The van der Waals surface area contributed by atoms with Crippen LogP contribution in [-0.4, -0.2) is 37.8 Å². The van der Waals surface area contributed by atoms with Gasteiger partial charge in [0.15, 0.2) is 9.84 Å². The molecule has 29 heavy (non-hydrogen) atoms. The normalized spacial score (nSPS) is 14.6. The van der Waals surface area contributed by atoms with Gasteiger partial charge in [-0.1, -0.05) is 23.7 Å². The van der Waals surface area contributed by atoms with E-state index in [0.717, 1.165) is 10.5 Å². The van der Waals surface area contributed by atoms with E-state index in [-0.39, 0.29) is 23.1 Å². The van der Waals surface area contributed by atoms with Crippen LogP contribution in [0.1, 0.15) is 18.9 Å². The highest BCUT2D eigenvalue weighted by Gasteiger charge is 2.27. The van der Waals surface area contributed by atoms with E-state index in [1.807, 2.05) is 12.1 Å². The number of hydrogen-bond donors (Lipinski definition) is 2. The van der Waals surface area contributed by atoms with Crippen LogP contribution in [0.4, 0.5) is 5.69 Å². The van der Waals surface area contributed by atoms with Crippen molar-refractivity contribution in [3.05, 3.63) is 53.1 Å². The van der Waals surface area contributed by atoms with Crippen molar-refractivity contribution in [2.24, 2.45) is 0 Å². The van der Waals surface area contributed by atoms with E-state index in [1.54, 1.807) is 18.2 Å². The number of thioether (sulfide) groups is 1. The molecule has 0 fully saturated rings. The molecular weight excluding hydrogens is 432 g/mol. The maximum Gasteiger partial charge on any atom is 0.234 e. The first kappa shape index (κ1) is 21.7. The van der Waals surface area contributed by atoms with Gasteiger partial charge in [0.2, 0.25) is 11.8 Å². The lowest BCUT2D eigenvalue weighted by Gasteiger charge is -2.18. The molecule has 0 spiro atoms. The predicted molar refractivity (Wildman–Crippen MR) is 115 cm³/mol. The summed E-state index contributed by atoms with van der Waals surface area (Å²) in [6.45, 7) is 1.93. The number of nitrogens with one attached hydrogen (secondary N) is 2. The van der Waals surface area contributed by atoms with E-state index < -0.39 is 15.1 Å². The Labute approximate surface area is 179 Å². The highest BCUT2D eigenvalue weighted by molar-refractivity contribution is 8.00. The molecule has 0 bridgehead atoms. The van der Waals surface area contributed by atoms with E-state index in [9.17, 15) is 18.0 Å². The lowest BCUT2D eigenvalue weighted by atomic mass is 10.1. The van der Waals surface area contributed by atoms with Gasteiger partial charge in [0.25, 0.3) is 0 Å². The van der Waals surface area contributed by atoms with Crippen molar-refractivity contribution >= 4 is 50.7 Å². The average Bonchev–Trinajstić information content (AvgIpc) is 2.68. The van der Waals surface area contributed by atoms with Crippen LogP contribution in [0.25, 0.3) is 0 Å². The summed E-state index contributed by atoms with van der Waals surface area (Å²) in [4.78, 5) is 24.7. The summed E-state index contributed by atoms with van der Waals surface area (Å²) in [5.41, 5.74) is 1.52. The summed E-state index contributed by atoms with van der Waals surface area (Å²) in [6, 6.07) is 12.0. The van der Waals surface area contributed by atoms with Crippen molar-refractivity contribution in [1.29, 1.82) is 0 Å². The molecule has 0 aromatic heterocycles. The van der Waals surface area contributed by atoms with E-state index in [2.05, 4.69) is 10.6 Å².